The van der Waals surface area contributed by atoms with Gasteiger partial charge in [-0.3, -0.25) is 8.78 Å². The van der Waals surface area contributed by atoms with Crippen LogP contribution < -0.4 is 0 Å². The first kappa shape index (κ1) is 24.9. The molecule has 0 saturated carbocycles. The molecule has 1 heterocycles. The molecule has 3 aromatic carbocycles. The van der Waals surface area contributed by atoms with Crippen LogP contribution in [0.5, 0.6) is 0 Å². The maximum atomic E-state index is 13.7. The van der Waals surface area contributed by atoms with Gasteiger partial charge in [-0.2, -0.15) is 0 Å². The van der Waals surface area contributed by atoms with Crippen molar-refractivity contribution in [2.24, 2.45) is 0 Å². The molecule has 0 spiro atoms. The Balaban J connectivity index is 1.82. The summed E-state index contributed by atoms with van der Waals surface area (Å²) >= 11 is 18.5. The summed E-state index contributed by atoms with van der Waals surface area (Å²) in [5, 5.41) is 0.947. The number of hydrogen-bond donors (Lipinski definition) is 0. The minimum Gasteiger partial charge on any atom is -0.299 e. The van der Waals surface area contributed by atoms with E-state index in [1.54, 1.807) is 30.5 Å². The lowest BCUT2D eigenvalue weighted by atomic mass is 9.81. The molecule has 0 N–H and O–H groups in total. The second kappa shape index (κ2) is 9.78. The zero-order chi connectivity index (χ0) is 24.6. The van der Waals surface area contributed by atoms with Crippen molar-refractivity contribution in [1.82, 2.24) is 9.55 Å². The van der Waals surface area contributed by atoms with Crippen LogP contribution in [0.25, 0.3) is 5.69 Å². The lowest BCUT2D eigenvalue weighted by molar-refractivity contribution is 0.597. The molecular formula is C25H19Cl3F2N2OS. The summed E-state index contributed by atoms with van der Waals surface area (Å²) in [4.78, 5) is 4.87. The molecule has 4 aromatic rings. The van der Waals surface area contributed by atoms with E-state index in [-0.39, 0.29) is 16.6 Å². The third-order valence-electron chi connectivity index (χ3n) is 5.60. The number of hydrogen-bond acceptors (Lipinski definition) is 2. The smallest absolute Gasteiger partial charge is 0.126 e. The molecule has 1 atom stereocenters. The standard InChI is InChI=1S/C25H19Cl3F2N2OS/c1-25(2,15-3-9-19(26)20(27)11-15)23-13-31-24(32(23)18-7-4-16(29)5-8-18)14-34(33)22-10-6-17(30)12-21(22)28/h3-13H,14H2,1-2H3. The number of halogens is 5. The normalized spacial score (nSPS) is 12.7. The molecule has 1 aromatic heterocycles. The highest BCUT2D eigenvalue weighted by Gasteiger charge is 2.30. The van der Waals surface area contributed by atoms with Crippen LogP contribution in [-0.4, -0.2) is 13.8 Å². The minimum absolute atomic E-state index is 0.0141. The highest BCUT2D eigenvalue weighted by atomic mass is 35.5. The number of rotatable bonds is 6. The molecule has 0 aliphatic carbocycles. The van der Waals surface area contributed by atoms with E-state index in [0.29, 0.717) is 26.5 Å². The fraction of sp³-hybridized carbons (Fsp3) is 0.160. The van der Waals surface area contributed by atoms with Crippen molar-refractivity contribution in [3.8, 4) is 5.69 Å². The van der Waals surface area contributed by atoms with Crippen LogP contribution >= 0.6 is 34.8 Å². The highest BCUT2D eigenvalue weighted by molar-refractivity contribution is 7.84. The van der Waals surface area contributed by atoms with Crippen molar-refractivity contribution < 1.29 is 13.0 Å². The first-order valence-electron chi connectivity index (χ1n) is 10.2. The van der Waals surface area contributed by atoms with Gasteiger partial charge >= 0.3 is 0 Å². The Morgan fingerprint density at radius 1 is 0.882 bits per heavy atom. The minimum atomic E-state index is -1.60. The van der Waals surface area contributed by atoms with Crippen molar-refractivity contribution in [2.75, 3.05) is 0 Å². The summed E-state index contributed by atoms with van der Waals surface area (Å²) in [6.45, 7) is 4.00. The SMILES string of the molecule is CC(C)(c1ccc(Cl)c(Cl)c1)c1cnc(CS(=O)c2ccc(F)cc2Cl)n1-c1ccc(F)cc1. The number of nitrogens with zero attached hydrogens (tertiary/aromatic N) is 2. The molecular weight excluding hydrogens is 521 g/mol. The van der Waals surface area contributed by atoms with Crippen LogP contribution in [0.2, 0.25) is 15.1 Å². The van der Waals surface area contributed by atoms with E-state index in [1.807, 2.05) is 24.5 Å². The first-order valence-corrected chi connectivity index (χ1v) is 12.6. The van der Waals surface area contributed by atoms with E-state index in [1.165, 1.54) is 24.3 Å². The lowest BCUT2D eigenvalue weighted by Gasteiger charge is -2.28. The number of imidazole rings is 1. The molecule has 0 aliphatic rings. The highest BCUT2D eigenvalue weighted by Crippen LogP contribution is 2.37. The summed E-state index contributed by atoms with van der Waals surface area (Å²) in [5.74, 6) is -0.393. The van der Waals surface area contributed by atoms with Crippen molar-refractivity contribution in [1.29, 1.82) is 0 Å². The van der Waals surface area contributed by atoms with Crippen LogP contribution in [0.1, 0.15) is 30.9 Å². The number of benzene rings is 3. The molecule has 0 aliphatic heterocycles. The second-order valence-electron chi connectivity index (χ2n) is 8.19. The average Bonchev–Trinajstić information content (AvgIpc) is 3.20. The van der Waals surface area contributed by atoms with Gasteiger partial charge in [-0.25, -0.2) is 13.8 Å². The Morgan fingerprint density at radius 3 is 2.21 bits per heavy atom. The van der Waals surface area contributed by atoms with Gasteiger partial charge in [-0.05, 0) is 60.2 Å². The predicted molar refractivity (Wildman–Crippen MR) is 134 cm³/mol. The Bertz CT molecular complexity index is 1390. The van der Waals surface area contributed by atoms with E-state index in [9.17, 15) is 13.0 Å². The van der Waals surface area contributed by atoms with Gasteiger partial charge in [0.15, 0.2) is 0 Å². The van der Waals surface area contributed by atoms with Gasteiger partial charge in [-0.15, -0.1) is 0 Å². The van der Waals surface area contributed by atoms with Crippen molar-refractivity contribution in [3.05, 3.63) is 111 Å². The van der Waals surface area contributed by atoms with Gasteiger partial charge in [-0.1, -0.05) is 54.7 Å². The predicted octanol–water partition coefficient (Wildman–Crippen LogP) is 7.74. The van der Waals surface area contributed by atoms with Crippen LogP contribution in [0.3, 0.4) is 0 Å². The fourth-order valence-electron chi connectivity index (χ4n) is 3.70. The molecule has 0 bridgehead atoms. The molecule has 3 nitrogen and oxygen atoms in total. The fourth-order valence-corrected chi connectivity index (χ4v) is 5.51. The Labute approximate surface area is 213 Å². The number of aromatic nitrogens is 2. The third kappa shape index (κ3) is 4.91. The first-order chi connectivity index (χ1) is 16.1. The van der Waals surface area contributed by atoms with E-state index in [2.05, 4.69) is 4.98 Å². The zero-order valence-corrected chi connectivity index (χ0v) is 21.2. The summed E-state index contributed by atoms with van der Waals surface area (Å²) in [7, 11) is -1.60. The summed E-state index contributed by atoms with van der Waals surface area (Å²) in [6, 6.07) is 15.1. The monoisotopic (exact) mass is 538 g/mol. The van der Waals surface area contributed by atoms with Crippen molar-refractivity contribution >= 4 is 45.6 Å². The average molecular weight is 540 g/mol. The topological polar surface area (TPSA) is 34.9 Å². The summed E-state index contributed by atoms with van der Waals surface area (Å²) < 4.78 is 42.1. The van der Waals surface area contributed by atoms with Crippen LogP contribution in [0.15, 0.2) is 71.8 Å². The molecule has 176 valence electrons. The van der Waals surface area contributed by atoms with Crippen molar-refractivity contribution in [3.63, 3.8) is 0 Å². The maximum Gasteiger partial charge on any atom is 0.126 e. The van der Waals surface area contributed by atoms with Gasteiger partial charge in [0.1, 0.15) is 17.5 Å². The quantitative estimate of drug-likeness (QED) is 0.251. The Hall–Kier alpha value is -2.25. The molecule has 9 heteroatoms. The van der Waals surface area contributed by atoms with E-state index in [4.69, 9.17) is 34.8 Å². The van der Waals surface area contributed by atoms with E-state index in [0.717, 1.165) is 17.3 Å². The molecule has 0 fully saturated rings. The van der Waals surface area contributed by atoms with Gasteiger partial charge < -0.3 is 0 Å². The molecule has 0 amide bonds. The Kier molecular flexibility index (Phi) is 7.15. The molecule has 0 radical (unpaired) electrons. The summed E-state index contributed by atoms with van der Waals surface area (Å²) in [6.07, 6.45) is 1.70. The van der Waals surface area contributed by atoms with Gasteiger partial charge in [0.25, 0.3) is 0 Å². The summed E-state index contributed by atoms with van der Waals surface area (Å²) in [5.41, 5.74) is 1.72. The van der Waals surface area contributed by atoms with E-state index >= 15 is 0 Å². The third-order valence-corrected chi connectivity index (χ3v) is 8.13. The maximum absolute atomic E-state index is 13.7. The molecule has 0 saturated heterocycles. The van der Waals surface area contributed by atoms with E-state index < -0.39 is 22.0 Å². The van der Waals surface area contributed by atoms with Gasteiger partial charge in [0.05, 0.1) is 42.2 Å². The van der Waals surface area contributed by atoms with Gasteiger partial charge in [0, 0.05) is 17.3 Å². The second-order valence-corrected chi connectivity index (χ2v) is 10.8. The van der Waals surface area contributed by atoms with Crippen LogP contribution in [0, 0.1) is 11.6 Å². The van der Waals surface area contributed by atoms with Gasteiger partial charge in [0.2, 0.25) is 0 Å². The van der Waals surface area contributed by atoms with Crippen LogP contribution in [-0.2, 0) is 22.0 Å². The zero-order valence-electron chi connectivity index (χ0n) is 18.2. The molecule has 34 heavy (non-hydrogen) atoms. The molecule has 4 rings (SSSR count). The Morgan fingerprint density at radius 2 is 1.56 bits per heavy atom. The van der Waals surface area contributed by atoms with Crippen LogP contribution in [0.4, 0.5) is 8.78 Å². The lowest BCUT2D eigenvalue weighted by Crippen LogP contribution is -2.23. The molecule has 1 unspecified atom stereocenters. The van der Waals surface area contributed by atoms with Crippen molar-refractivity contribution in [2.45, 2.75) is 29.9 Å². The largest absolute Gasteiger partial charge is 0.299 e.